The largest absolute Gasteiger partial charge is 0.497 e. The number of ether oxygens (including phenoxy) is 2. The van der Waals surface area contributed by atoms with Gasteiger partial charge in [-0.2, -0.15) is 0 Å². The fraction of sp³-hybridized carbons (Fsp3) is 0.211. The highest BCUT2D eigenvalue weighted by Gasteiger charge is 2.12. The molecule has 0 spiro atoms. The quantitative estimate of drug-likeness (QED) is 0.601. The number of anilines is 1. The monoisotopic (exact) mass is 384 g/mol. The number of nitrogens with one attached hydrogen (secondary N) is 1. The molecular weight excluding hydrogens is 364 g/mol. The number of hydrogen-bond acceptors (Lipinski definition) is 6. The van der Waals surface area contributed by atoms with Crippen LogP contribution >= 0.6 is 11.8 Å². The minimum absolute atomic E-state index is 0.127. The van der Waals surface area contributed by atoms with Gasteiger partial charge < -0.3 is 19.4 Å². The van der Waals surface area contributed by atoms with Crippen LogP contribution in [0.2, 0.25) is 0 Å². The Bertz CT molecular complexity index is 899. The van der Waals surface area contributed by atoms with E-state index < -0.39 is 0 Å². The molecule has 8 heteroatoms. The average molecular weight is 384 g/mol. The van der Waals surface area contributed by atoms with E-state index in [9.17, 15) is 4.79 Å². The zero-order valence-corrected chi connectivity index (χ0v) is 15.9. The van der Waals surface area contributed by atoms with Gasteiger partial charge in [-0.05, 0) is 24.3 Å². The van der Waals surface area contributed by atoms with Crippen LogP contribution < -0.4 is 14.8 Å². The van der Waals surface area contributed by atoms with Crippen LogP contribution in [0.25, 0.3) is 0 Å². The van der Waals surface area contributed by atoms with E-state index in [1.807, 2.05) is 60.1 Å². The molecule has 0 atom stereocenters. The summed E-state index contributed by atoms with van der Waals surface area (Å²) < 4.78 is 12.7. The summed E-state index contributed by atoms with van der Waals surface area (Å²) >= 11 is 1.32. The van der Waals surface area contributed by atoms with Crippen molar-refractivity contribution in [2.75, 3.05) is 18.2 Å². The smallest absolute Gasteiger partial charge is 0.234 e. The lowest BCUT2D eigenvalue weighted by molar-refractivity contribution is -0.113. The third kappa shape index (κ3) is 5.24. The number of aromatic nitrogens is 3. The Kier molecular flexibility index (Phi) is 6.32. The van der Waals surface area contributed by atoms with Gasteiger partial charge in [0.1, 0.15) is 18.1 Å². The molecule has 1 amide bonds. The molecular formula is C19H20N4O3S. The van der Waals surface area contributed by atoms with Crippen LogP contribution in [0.3, 0.4) is 0 Å². The number of rotatable bonds is 8. The standard InChI is InChI=1S/C19H20N4O3S/c1-23-17(12-26-15-8-4-3-5-9-15)21-22-19(23)27-13-18(24)20-14-7-6-10-16(11-14)25-2/h3-11H,12-13H2,1-2H3,(H,20,24). The lowest BCUT2D eigenvalue weighted by Crippen LogP contribution is -2.14. The van der Waals surface area contributed by atoms with Crippen molar-refractivity contribution >= 4 is 23.4 Å². The lowest BCUT2D eigenvalue weighted by atomic mass is 10.3. The fourth-order valence-corrected chi connectivity index (χ4v) is 3.02. The number of nitrogens with zero attached hydrogens (tertiary/aromatic N) is 3. The molecule has 1 N–H and O–H groups in total. The summed E-state index contributed by atoms with van der Waals surface area (Å²) in [7, 11) is 3.44. The first-order valence-electron chi connectivity index (χ1n) is 8.28. The molecule has 140 valence electrons. The minimum Gasteiger partial charge on any atom is -0.497 e. The normalized spacial score (nSPS) is 10.4. The van der Waals surface area contributed by atoms with E-state index in [2.05, 4.69) is 15.5 Å². The Morgan fingerprint density at radius 1 is 1.11 bits per heavy atom. The van der Waals surface area contributed by atoms with E-state index in [0.29, 0.717) is 29.0 Å². The molecule has 3 rings (SSSR count). The molecule has 0 aliphatic heterocycles. The highest BCUT2D eigenvalue weighted by atomic mass is 32.2. The molecule has 0 aliphatic rings. The van der Waals surface area contributed by atoms with Gasteiger partial charge in [0.05, 0.1) is 12.9 Å². The lowest BCUT2D eigenvalue weighted by Gasteiger charge is -2.07. The third-order valence-corrected chi connectivity index (χ3v) is 4.74. The predicted octanol–water partition coefficient (Wildman–Crippen LogP) is 3.13. The second-order valence-electron chi connectivity index (χ2n) is 5.63. The Hall–Kier alpha value is -3.00. The summed E-state index contributed by atoms with van der Waals surface area (Å²) in [5.41, 5.74) is 0.690. The number of methoxy groups -OCH3 is 1. The van der Waals surface area contributed by atoms with E-state index in [4.69, 9.17) is 9.47 Å². The van der Waals surface area contributed by atoms with Gasteiger partial charge in [-0.25, -0.2) is 0 Å². The molecule has 27 heavy (non-hydrogen) atoms. The van der Waals surface area contributed by atoms with Crippen molar-refractivity contribution in [1.29, 1.82) is 0 Å². The van der Waals surface area contributed by atoms with Crippen molar-refractivity contribution in [3.8, 4) is 11.5 Å². The van der Waals surface area contributed by atoms with Crippen molar-refractivity contribution in [3.63, 3.8) is 0 Å². The molecule has 0 fully saturated rings. The maximum Gasteiger partial charge on any atom is 0.234 e. The first kappa shape index (κ1) is 18.8. The van der Waals surface area contributed by atoms with Crippen molar-refractivity contribution < 1.29 is 14.3 Å². The number of amides is 1. The first-order valence-corrected chi connectivity index (χ1v) is 9.27. The first-order chi connectivity index (χ1) is 13.2. The van der Waals surface area contributed by atoms with E-state index in [-0.39, 0.29) is 11.7 Å². The highest BCUT2D eigenvalue weighted by Crippen LogP contribution is 2.19. The van der Waals surface area contributed by atoms with Crippen LogP contribution in [0.1, 0.15) is 5.82 Å². The topological polar surface area (TPSA) is 78.3 Å². The van der Waals surface area contributed by atoms with Gasteiger partial charge in [-0.1, -0.05) is 36.0 Å². The summed E-state index contributed by atoms with van der Waals surface area (Å²) in [5.74, 6) is 2.25. The van der Waals surface area contributed by atoms with Gasteiger partial charge in [0, 0.05) is 18.8 Å². The molecule has 0 bridgehead atoms. The van der Waals surface area contributed by atoms with Gasteiger partial charge in [0.25, 0.3) is 0 Å². The Labute approximate surface area is 161 Å². The van der Waals surface area contributed by atoms with Gasteiger partial charge in [-0.15, -0.1) is 10.2 Å². The number of thioether (sulfide) groups is 1. The molecule has 2 aromatic carbocycles. The average Bonchev–Trinajstić information content (AvgIpc) is 3.05. The summed E-state index contributed by atoms with van der Waals surface area (Å²) in [5, 5.41) is 11.8. The zero-order chi connectivity index (χ0) is 19.1. The van der Waals surface area contributed by atoms with Crippen LogP contribution in [0.4, 0.5) is 5.69 Å². The van der Waals surface area contributed by atoms with Gasteiger partial charge in [-0.3, -0.25) is 4.79 Å². The number of para-hydroxylation sites is 1. The fourth-order valence-electron chi connectivity index (χ4n) is 2.29. The number of hydrogen-bond donors (Lipinski definition) is 1. The van der Waals surface area contributed by atoms with Crippen molar-refractivity contribution in [1.82, 2.24) is 14.8 Å². The summed E-state index contributed by atoms with van der Waals surface area (Å²) in [6, 6.07) is 16.7. The summed E-state index contributed by atoms with van der Waals surface area (Å²) in [4.78, 5) is 12.2. The number of benzene rings is 2. The highest BCUT2D eigenvalue weighted by molar-refractivity contribution is 7.99. The van der Waals surface area contributed by atoms with Gasteiger partial charge >= 0.3 is 0 Å². The molecule has 0 saturated heterocycles. The van der Waals surface area contributed by atoms with Gasteiger partial charge in [0.15, 0.2) is 11.0 Å². The second kappa shape index (κ2) is 9.09. The van der Waals surface area contributed by atoms with Crippen LogP contribution in [0.15, 0.2) is 59.8 Å². The van der Waals surface area contributed by atoms with Crippen LogP contribution in [-0.4, -0.2) is 33.5 Å². The number of carbonyl (C=O) groups excluding carboxylic acids is 1. The second-order valence-corrected chi connectivity index (χ2v) is 6.57. The maximum absolute atomic E-state index is 12.2. The molecule has 7 nitrogen and oxygen atoms in total. The Morgan fingerprint density at radius 2 is 1.89 bits per heavy atom. The molecule has 0 saturated carbocycles. The minimum atomic E-state index is -0.127. The van der Waals surface area contributed by atoms with E-state index in [1.54, 1.807) is 13.2 Å². The summed E-state index contributed by atoms with van der Waals surface area (Å²) in [6.45, 7) is 0.310. The van der Waals surface area contributed by atoms with E-state index in [1.165, 1.54) is 11.8 Å². The summed E-state index contributed by atoms with van der Waals surface area (Å²) in [6.07, 6.45) is 0. The van der Waals surface area contributed by atoms with Crippen molar-refractivity contribution in [2.45, 2.75) is 11.8 Å². The molecule has 0 unspecified atom stereocenters. The van der Waals surface area contributed by atoms with Crippen molar-refractivity contribution in [2.24, 2.45) is 7.05 Å². The van der Waals surface area contributed by atoms with Gasteiger partial charge in [0.2, 0.25) is 5.91 Å². The maximum atomic E-state index is 12.2. The number of carbonyl (C=O) groups is 1. The third-order valence-electron chi connectivity index (χ3n) is 3.72. The molecule has 0 radical (unpaired) electrons. The molecule has 0 aliphatic carbocycles. The zero-order valence-electron chi connectivity index (χ0n) is 15.1. The Morgan fingerprint density at radius 3 is 2.67 bits per heavy atom. The molecule has 3 aromatic rings. The predicted molar refractivity (Wildman–Crippen MR) is 104 cm³/mol. The SMILES string of the molecule is COc1cccc(NC(=O)CSc2nnc(COc3ccccc3)n2C)c1. The van der Waals surface area contributed by atoms with E-state index >= 15 is 0 Å². The Balaban J connectivity index is 1.52. The van der Waals surface area contributed by atoms with Crippen molar-refractivity contribution in [3.05, 3.63) is 60.4 Å². The van der Waals surface area contributed by atoms with Crippen LogP contribution in [-0.2, 0) is 18.4 Å². The molecule has 1 heterocycles. The molecule has 1 aromatic heterocycles. The van der Waals surface area contributed by atoms with Crippen LogP contribution in [0.5, 0.6) is 11.5 Å². The van der Waals surface area contributed by atoms with Crippen LogP contribution in [0, 0.1) is 0 Å². The van der Waals surface area contributed by atoms with E-state index in [0.717, 1.165) is 5.75 Å².